The molecule has 10 heteroatoms. The summed E-state index contributed by atoms with van der Waals surface area (Å²) >= 11 is 6.43. The van der Waals surface area contributed by atoms with Gasteiger partial charge in [-0.2, -0.15) is 4.31 Å². The Morgan fingerprint density at radius 3 is 2.67 bits per heavy atom. The molecule has 0 N–H and O–H groups in total. The lowest BCUT2D eigenvalue weighted by Crippen LogP contribution is -2.33. The molecule has 1 saturated heterocycles. The topological polar surface area (TPSA) is 89.8 Å². The van der Waals surface area contributed by atoms with Gasteiger partial charge in [0.25, 0.3) is 15.7 Å². The molecule has 1 aliphatic heterocycles. The maximum absolute atomic E-state index is 12.4. The molecule has 1 aliphatic rings. The van der Waals surface area contributed by atoms with Gasteiger partial charge in [0.15, 0.2) is 4.34 Å². The van der Waals surface area contributed by atoms with Crippen molar-refractivity contribution in [1.82, 2.24) is 4.31 Å². The van der Waals surface area contributed by atoms with Gasteiger partial charge in [-0.3, -0.25) is 10.1 Å². The minimum Gasteiger partial charge on any atom is -0.381 e. The van der Waals surface area contributed by atoms with Gasteiger partial charge in [-0.25, -0.2) is 8.42 Å². The number of sulfonamides is 1. The van der Waals surface area contributed by atoms with E-state index in [1.807, 2.05) is 0 Å². The maximum Gasteiger partial charge on any atom is 0.300 e. The van der Waals surface area contributed by atoms with E-state index in [0.29, 0.717) is 31.1 Å². The van der Waals surface area contributed by atoms with Crippen LogP contribution in [0.15, 0.2) is 10.3 Å². The quantitative estimate of drug-likeness (QED) is 0.598. The van der Waals surface area contributed by atoms with Crippen LogP contribution in [0.4, 0.5) is 5.69 Å². The van der Waals surface area contributed by atoms with Crippen molar-refractivity contribution in [1.29, 1.82) is 0 Å². The highest BCUT2D eigenvalue weighted by molar-refractivity contribution is 7.91. The Balaban J connectivity index is 2.16. The third-order valence-electron chi connectivity index (χ3n) is 3.36. The van der Waals surface area contributed by atoms with E-state index in [0.717, 1.165) is 18.9 Å². The van der Waals surface area contributed by atoms with Crippen molar-refractivity contribution in [2.24, 2.45) is 5.92 Å². The average molecular weight is 355 g/mol. The highest BCUT2D eigenvalue weighted by atomic mass is 35.5. The van der Waals surface area contributed by atoms with Gasteiger partial charge in [0.2, 0.25) is 0 Å². The molecule has 1 aromatic heterocycles. The third kappa shape index (κ3) is 3.72. The molecule has 2 heterocycles. The smallest absolute Gasteiger partial charge is 0.300 e. The van der Waals surface area contributed by atoms with Gasteiger partial charge in [-0.05, 0) is 18.8 Å². The molecule has 0 amide bonds. The monoisotopic (exact) mass is 354 g/mol. The molecule has 1 aromatic rings. The Hall–Kier alpha value is -0.740. The van der Waals surface area contributed by atoms with Crippen molar-refractivity contribution in [3.8, 4) is 0 Å². The summed E-state index contributed by atoms with van der Waals surface area (Å²) in [6, 6.07) is 1.02. The van der Waals surface area contributed by atoms with Gasteiger partial charge >= 0.3 is 0 Å². The van der Waals surface area contributed by atoms with Crippen LogP contribution in [-0.4, -0.2) is 44.5 Å². The maximum atomic E-state index is 12.4. The first-order valence-corrected chi connectivity index (χ1v) is 8.93. The molecule has 0 atom stereocenters. The predicted octanol–water partition coefficient (Wildman–Crippen LogP) is 2.36. The number of thiophene rings is 1. The second-order valence-electron chi connectivity index (χ2n) is 4.82. The number of nitro groups is 1. The third-order valence-corrected chi connectivity index (χ3v) is 6.97. The van der Waals surface area contributed by atoms with E-state index < -0.39 is 14.9 Å². The summed E-state index contributed by atoms with van der Waals surface area (Å²) in [5, 5.41) is 10.8. The van der Waals surface area contributed by atoms with Gasteiger partial charge in [0, 0.05) is 32.9 Å². The average Bonchev–Trinajstić information content (AvgIpc) is 2.82. The minimum absolute atomic E-state index is 0.103. The van der Waals surface area contributed by atoms with Crippen molar-refractivity contribution < 1.29 is 18.1 Å². The summed E-state index contributed by atoms with van der Waals surface area (Å²) in [5.74, 6) is 0.240. The van der Waals surface area contributed by atoms with Crippen LogP contribution >= 0.6 is 22.9 Å². The molecule has 0 radical (unpaired) electrons. The van der Waals surface area contributed by atoms with Gasteiger partial charge in [-0.15, -0.1) is 11.3 Å². The van der Waals surface area contributed by atoms with Crippen LogP contribution in [0.1, 0.15) is 12.8 Å². The van der Waals surface area contributed by atoms with E-state index >= 15 is 0 Å². The first kappa shape index (κ1) is 16.6. The Kier molecular flexibility index (Phi) is 5.20. The molecular weight excluding hydrogens is 340 g/mol. The number of rotatable bonds is 5. The molecule has 0 aliphatic carbocycles. The molecule has 118 valence electrons. The van der Waals surface area contributed by atoms with Crippen LogP contribution in [-0.2, 0) is 14.8 Å². The molecular formula is C11H15ClN2O5S2. The Labute approximate surface area is 131 Å². The van der Waals surface area contributed by atoms with E-state index in [-0.39, 0.29) is 20.2 Å². The zero-order chi connectivity index (χ0) is 15.6. The predicted molar refractivity (Wildman–Crippen MR) is 79.3 cm³/mol. The first-order valence-electron chi connectivity index (χ1n) is 6.30. The molecule has 21 heavy (non-hydrogen) atoms. The normalized spacial score (nSPS) is 17.3. The Bertz CT molecular complexity index is 625. The Morgan fingerprint density at radius 2 is 2.14 bits per heavy atom. The van der Waals surface area contributed by atoms with Gasteiger partial charge in [-0.1, -0.05) is 11.6 Å². The van der Waals surface area contributed by atoms with Crippen LogP contribution in [0.5, 0.6) is 0 Å². The van der Waals surface area contributed by atoms with Crippen LogP contribution in [0.2, 0.25) is 4.34 Å². The lowest BCUT2D eigenvalue weighted by molar-refractivity contribution is -0.384. The largest absolute Gasteiger partial charge is 0.381 e. The fourth-order valence-electron chi connectivity index (χ4n) is 2.13. The van der Waals surface area contributed by atoms with Crippen LogP contribution < -0.4 is 0 Å². The molecule has 0 aromatic carbocycles. The summed E-state index contributed by atoms with van der Waals surface area (Å²) in [4.78, 5) is 10.1. The van der Waals surface area contributed by atoms with Crippen molar-refractivity contribution in [3.63, 3.8) is 0 Å². The summed E-state index contributed by atoms with van der Waals surface area (Å²) in [6.07, 6.45) is 1.62. The summed E-state index contributed by atoms with van der Waals surface area (Å²) in [7, 11) is -2.27. The summed E-state index contributed by atoms with van der Waals surface area (Å²) < 4.78 is 31.1. The fourth-order valence-corrected chi connectivity index (χ4v) is 5.26. The Morgan fingerprint density at radius 1 is 1.52 bits per heavy atom. The molecule has 0 bridgehead atoms. The highest BCUT2D eigenvalue weighted by Crippen LogP contribution is 2.37. The second-order valence-corrected chi connectivity index (χ2v) is 8.75. The molecule has 7 nitrogen and oxygen atoms in total. The van der Waals surface area contributed by atoms with E-state index in [1.54, 1.807) is 0 Å². The molecule has 1 fully saturated rings. The van der Waals surface area contributed by atoms with E-state index in [9.17, 15) is 18.5 Å². The number of hydrogen-bond donors (Lipinski definition) is 0. The lowest BCUT2D eigenvalue weighted by Gasteiger charge is -2.26. The van der Waals surface area contributed by atoms with E-state index in [2.05, 4.69) is 0 Å². The zero-order valence-corrected chi connectivity index (χ0v) is 13.7. The van der Waals surface area contributed by atoms with Gasteiger partial charge in [0.1, 0.15) is 4.21 Å². The first-order chi connectivity index (χ1) is 9.82. The number of nitrogens with zero attached hydrogens (tertiary/aromatic N) is 2. The van der Waals surface area contributed by atoms with E-state index in [4.69, 9.17) is 16.3 Å². The highest BCUT2D eigenvalue weighted by Gasteiger charge is 2.30. The molecule has 2 rings (SSSR count). The number of halogens is 1. The number of ether oxygens (including phenoxy) is 1. The molecule has 0 saturated carbocycles. The van der Waals surface area contributed by atoms with Crippen molar-refractivity contribution in [2.45, 2.75) is 17.1 Å². The fraction of sp³-hybridized carbons (Fsp3) is 0.636. The van der Waals surface area contributed by atoms with Crippen molar-refractivity contribution in [3.05, 3.63) is 20.5 Å². The SMILES string of the molecule is CN(CC1CCOCC1)S(=O)(=O)c1cc([N+](=O)[O-])c(Cl)s1. The standard InChI is InChI=1S/C11H15ClN2O5S2/c1-13(7-8-2-4-19-5-3-8)21(17,18)10-6-9(14(15)16)11(12)20-10/h6,8H,2-5,7H2,1H3. The molecule has 0 unspecified atom stereocenters. The molecule has 0 spiro atoms. The zero-order valence-electron chi connectivity index (χ0n) is 11.3. The van der Waals surface area contributed by atoms with Gasteiger partial charge in [0.05, 0.1) is 4.92 Å². The van der Waals surface area contributed by atoms with Gasteiger partial charge < -0.3 is 4.74 Å². The summed E-state index contributed by atoms with van der Waals surface area (Å²) in [6.45, 7) is 1.64. The van der Waals surface area contributed by atoms with Crippen LogP contribution in [0.25, 0.3) is 0 Å². The van der Waals surface area contributed by atoms with Crippen LogP contribution in [0.3, 0.4) is 0 Å². The lowest BCUT2D eigenvalue weighted by atomic mass is 10.0. The number of hydrogen-bond acceptors (Lipinski definition) is 6. The summed E-state index contributed by atoms with van der Waals surface area (Å²) in [5.41, 5.74) is -0.375. The van der Waals surface area contributed by atoms with Crippen LogP contribution in [0, 0.1) is 16.0 Å². The van der Waals surface area contributed by atoms with Crippen molar-refractivity contribution >= 4 is 38.6 Å². The van der Waals surface area contributed by atoms with E-state index in [1.165, 1.54) is 11.4 Å². The minimum atomic E-state index is -3.75. The second kappa shape index (κ2) is 6.57. The van der Waals surface area contributed by atoms with Crippen molar-refractivity contribution in [2.75, 3.05) is 26.8 Å².